The number of rotatable bonds is 8. The van der Waals surface area contributed by atoms with Gasteiger partial charge in [0.25, 0.3) is 0 Å². The lowest BCUT2D eigenvalue weighted by molar-refractivity contribution is -0.134. The summed E-state index contributed by atoms with van der Waals surface area (Å²) in [5, 5.41) is 15.5. The first kappa shape index (κ1) is 26.0. The maximum Gasteiger partial charge on any atom is 0.323 e. The van der Waals surface area contributed by atoms with Gasteiger partial charge in [0.1, 0.15) is 11.9 Å². The lowest BCUT2D eigenvalue weighted by Gasteiger charge is -2.34. The molecule has 0 aromatic heterocycles. The second kappa shape index (κ2) is 11.8. The van der Waals surface area contributed by atoms with Gasteiger partial charge in [-0.3, -0.25) is 4.79 Å². The van der Waals surface area contributed by atoms with Gasteiger partial charge in [-0.1, -0.05) is 25.1 Å². The molecule has 0 unspecified atom stereocenters. The van der Waals surface area contributed by atoms with Crippen molar-refractivity contribution in [3.05, 3.63) is 54.1 Å². The number of aliphatic hydroxyl groups excluding tert-OH is 1. The minimum absolute atomic E-state index is 0.0638. The number of benzene rings is 2. The number of nitrogens with one attached hydrogen (secondary N) is 2. The Morgan fingerprint density at radius 1 is 1.14 bits per heavy atom. The summed E-state index contributed by atoms with van der Waals surface area (Å²) in [6.45, 7) is 6.20. The molecule has 3 atom stereocenters. The molecule has 0 bridgehead atoms. The summed E-state index contributed by atoms with van der Waals surface area (Å²) in [6.07, 6.45) is 2.59. The van der Waals surface area contributed by atoms with E-state index in [1.54, 1.807) is 17.0 Å². The van der Waals surface area contributed by atoms with Crippen LogP contribution < -0.4 is 15.4 Å². The van der Waals surface area contributed by atoms with Gasteiger partial charge in [0.05, 0.1) is 19.1 Å². The molecule has 8 nitrogen and oxygen atoms in total. The molecule has 2 aromatic rings. The predicted molar refractivity (Wildman–Crippen MR) is 141 cm³/mol. The van der Waals surface area contributed by atoms with E-state index >= 15 is 0 Å². The SMILES string of the molecule is C[C@@H]1CN([C@H](C)CO)C(=O)Cc2cc(NC(=O)Nc3ccccc3)ccc2O[C@H]1CN(C)CC1CC1. The van der Waals surface area contributed by atoms with Gasteiger partial charge in [-0.15, -0.1) is 0 Å². The quantitative estimate of drug-likeness (QED) is 0.519. The molecule has 1 saturated carbocycles. The summed E-state index contributed by atoms with van der Waals surface area (Å²) >= 11 is 0. The Labute approximate surface area is 213 Å². The minimum Gasteiger partial charge on any atom is -0.488 e. The smallest absolute Gasteiger partial charge is 0.323 e. The Hall–Kier alpha value is -3.10. The average Bonchev–Trinajstić information content (AvgIpc) is 3.66. The van der Waals surface area contributed by atoms with Gasteiger partial charge in [0, 0.05) is 42.5 Å². The van der Waals surface area contributed by atoms with Crippen LogP contribution in [0, 0.1) is 11.8 Å². The van der Waals surface area contributed by atoms with Crippen molar-refractivity contribution in [3.8, 4) is 5.75 Å². The fourth-order valence-electron chi connectivity index (χ4n) is 4.66. The van der Waals surface area contributed by atoms with Crippen LogP contribution in [0.3, 0.4) is 0 Å². The molecule has 4 rings (SSSR count). The summed E-state index contributed by atoms with van der Waals surface area (Å²) in [6, 6.07) is 14.0. The summed E-state index contributed by atoms with van der Waals surface area (Å²) < 4.78 is 6.56. The van der Waals surface area contributed by atoms with Crippen LogP contribution in [0.5, 0.6) is 5.75 Å². The van der Waals surface area contributed by atoms with E-state index in [4.69, 9.17) is 4.74 Å². The highest BCUT2D eigenvalue weighted by atomic mass is 16.5. The zero-order valence-corrected chi connectivity index (χ0v) is 21.4. The number of fused-ring (bicyclic) bond motifs is 1. The van der Waals surface area contributed by atoms with Crippen LogP contribution in [0.25, 0.3) is 0 Å². The van der Waals surface area contributed by atoms with Crippen molar-refractivity contribution >= 4 is 23.3 Å². The number of carbonyl (C=O) groups excluding carboxylic acids is 2. The molecule has 3 N–H and O–H groups in total. The second-order valence-corrected chi connectivity index (χ2v) is 10.3. The molecule has 1 heterocycles. The maximum atomic E-state index is 13.3. The van der Waals surface area contributed by atoms with Crippen molar-refractivity contribution in [2.45, 2.75) is 45.3 Å². The third-order valence-electron chi connectivity index (χ3n) is 6.96. The van der Waals surface area contributed by atoms with E-state index in [9.17, 15) is 14.7 Å². The number of aliphatic hydroxyl groups is 1. The Balaban J connectivity index is 1.55. The van der Waals surface area contributed by atoms with E-state index in [0.717, 1.165) is 24.6 Å². The van der Waals surface area contributed by atoms with Gasteiger partial charge < -0.3 is 30.3 Å². The van der Waals surface area contributed by atoms with Crippen molar-refractivity contribution in [1.82, 2.24) is 9.80 Å². The molecule has 1 aliphatic heterocycles. The van der Waals surface area contributed by atoms with Gasteiger partial charge in [-0.05, 0) is 63.1 Å². The fourth-order valence-corrected chi connectivity index (χ4v) is 4.66. The number of para-hydroxylation sites is 1. The summed E-state index contributed by atoms with van der Waals surface area (Å²) in [4.78, 5) is 29.9. The Kier molecular flexibility index (Phi) is 8.48. The molecule has 2 aromatic carbocycles. The highest BCUT2D eigenvalue weighted by Gasteiger charge is 2.32. The summed E-state index contributed by atoms with van der Waals surface area (Å²) in [5.41, 5.74) is 1.99. The van der Waals surface area contributed by atoms with E-state index in [1.807, 2.05) is 43.3 Å². The summed E-state index contributed by atoms with van der Waals surface area (Å²) in [5.74, 6) is 1.45. The van der Waals surface area contributed by atoms with Crippen molar-refractivity contribution < 1.29 is 19.4 Å². The number of urea groups is 1. The Bertz CT molecular complexity index is 1040. The number of nitrogens with zero attached hydrogens (tertiary/aromatic N) is 2. The number of likely N-dealkylation sites (N-methyl/N-ethyl adjacent to an activating group) is 1. The van der Waals surface area contributed by atoms with Crippen molar-refractivity contribution in [2.75, 3.05) is 43.9 Å². The minimum atomic E-state index is -0.361. The monoisotopic (exact) mass is 494 g/mol. The van der Waals surface area contributed by atoms with Gasteiger partial charge in [-0.2, -0.15) is 0 Å². The Morgan fingerprint density at radius 2 is 1.86 bits per heavy atom. The van der Waals surface area contributed by atoms with Crippen LogP contribution in [-0.2, 0) is 11.2 Å². The van der Waals surface area contributed by atoms with Crippen LogP contribution >= 0.6 is 0 Å². The van der Waals surface area contributed by atoms with Crippen LogP contribution in [0.1, 0.15) is 32.3 Å². The molecule has 1 aliphatic carbocycles. The number of carbonyl (C=O) groups is 2. The largest absolute Gasteiger partial charge is 0.488 e. The average molecular weight is 495 g/mol. The van der Waals surface area contributed by atoms with Gasteiger partial charge in [0.15, 0.2) is 0 Å². The molecule has 36 heavy (non-hydrogen) atoms. The van der Waals surface area contributed by atoms with E-state index in [-0.39, 0.29) is 43.0 Å². The van der Waals surface area contributed by atoms with Gasteiger partial charge in [-0.25, -0.2) is 4.79 Å². The van der Waals surface area contributed by atoms with Crippen LogP contribution in [0.2, 0.25) is 0 Å². The molecule has 3 amide bonds. The number of amides is 3. The van der Waals surface area contributed by atoms with Gasteiger partial charge >= 0.3 is 6.03 Å². The molecule has 0 spiro atoms. The van der Waals surface area contributed by atoms with E-state index in [2.05, 4.69) is 29.5 Å². The Morgan fingerprint density at radius 3 is 2.56 bits per heavy atom. The highest BCUT2D eigenvalue weighted by Crippen LogP contribution is 2.31. The van der Waals surface area contributed by atoms with E-state index in [0.29, 0.717) is 23.7 Å². The molecular weight excluding hydrogens is 456 g/mol. The van der Waals surface area contributed by atoms with Crippen LogP contribution in [0.4, 0.5) is 16.2 Å². The topological polar surface area (TPSA) is 94.1 Å². The number of ether oxygens (including phenoxy) is 1. The van der Waals surface area contributed by atoms with Gasteiger partial charge in [0.2, 0.25) is 5.91 Å². The van der Waals surface area contributed by atoms with Crippen molar-refractivity contribution in [2.24, 2.45) is 11.8 Å². The fraction of sp³-hybridized carbons (Fsp3) is 0.500. The first-order valence-electron chi connectivity index (χ1n) is 12.8. The van der Waals surface area contributed by atoms with Crippen LogP contribution in [0.15, 0.2) is 48.5 Å². The molecular formula is C28H38N4O4. The third kappa shape index (κ3) is 6.98. The molecule has 0 saturated heterocycles. The van der Waals surface area contributed by atoms with Crippen molar-refractivity contribution in [3.63, 3.8) is 0 Å². The predicted octanol–water partition coefficient (Wildman–Crippen LogP) is 3.82. The number of hydrogen-bond acceptors (Lipinski definition) is 5. The number of hydrogen-bond donors (Lipinski definition) is 3. The first-order valence-corrected chi connectivity index (χ1v) is 12.8. The third-order valence-corrected chi connectivity index (χ3v) is 6.96. The maximum absolute atomic E-state index is 13.3. The zero-order chi connectivity index (χ0) is 25.7. The van der Waals surface area contributed by atoms with Crippen molar-refractivity contribution in [1.29, 1.82) is 0 Å². The number of anilines is 2. The highest BCUT2D eigenvalue weighted by molar-refractivity contribution is 5.99. The molecule has 8 heteroatoms. The zero-order valence-electron chi connectivity index (χ0n) is 21.4. The second-order valence-electron chi connectivity index (χ2n) is 10.3. The first-order chi connectivity index (χ1) is 17.3. The van der Waals surface area contributed by atoms with Crippen LogP contribution in [-0.4, -0.2) is 72.3 Å². The van der Waals surface area contributed by atoms with E-state index in [1.165, 1.54) is 12.8 Å². The molecule has 0 radical (unpaired) electrons. The lowest BCUT2D eigenvalue weighted by Crippen LogP contribution is -2.47. The standard InChI is InChI=1S/C28H38N4O4/c1-19-15-32(20(2)18-33)27(34)14-22-13-24(30-28(35)29-23-7-5-4-6-8-23)11-12-25(22)36-26(19)17-31(3)16-21-9-10-21/h4-8,11-13,19-21,26,33H,9-10,14-18H2,1-3H3,(H2,29,30,35)/t19-,20-,26+/m1/s1. The lowest BCUT2D eigenvalue weighted by atomic mass is 10.0. The molecule has 194 valence electrons. The summed E-state index contributed by atoms with van der Waals surface area (Å²) in [7, 11) is 2.12. The molecule has 1 fully saturated rings. The molecule has 2 aliphatic rings. The van der Waals surface area contributed by atoms with E-state index < -0.39 is 0 Å². The normalized spacial score (nSPS) is 21.0.